The number of carbonyl (C=O) groups excluding carboxylic acids is 1. The lowest BCUT2D eigenvalue weighted by molar-refractivity contribution is -0.113. The van der Waals surface area contributed by atoms with Gasteiger partial charge in [0.1, 0.15) is 17.4 Å². The number of furan rings is 1. The van der Waals surface area contributed by atoms with Crippen molar-refractivity contribution < 1.29 is 9.21 Å². The number of benzene rings is 3. The Labute approximate surface area is 239 Å². The van der Waals surface area contributed by atoms with Gasteiger partial charge in [-0.1, -0.05) is 95.6 Å². The molecule has 0 radical (unpaired) electrons. The minimum Gasteiger partial charge on any atom is -0.438 e. The summed E-state index contributed by atoms with van der Waals surface area (Å²) >= 11 is 13.6. The highest BCUT2D eigenvalue weighted by molar-refractivity contribution is 7.99. The van der Waals surface area contributed by atoms with Crippen molar-refractivity contribution in [1.82, 2.24) is 14.8 Å². The van der Waals surface area contributed by atoms with Crippen molar-refractivity contribution in [3.63, 3.8) is 0 Å². The van der Waals surface area contributed by atoms with E-state index in [1.54, 1.807) is 18.2 Å². The zero-order valence-corrected chi connectivity index (χ0v) is 23.0. The number of hydrogen-bond donors (Lipinski definition) is 1. The highest BCUT2D eigenvalue weighted by Gasteiger charge is 2.24. The first-order valence-electron chi connectivity index (χ1n) is 12.0. The van der Waals surface area contributed by atoms with Crippen LogP contribution < -0.4 is 5.32 Å². The van der Waals surface area contributed by atoms with Crippen LogP contribution in [0.3, 0.4) is 0 Å². The van der Waals surface area contributed by atoms with Gasteiger partial charge in [-0.2, -0.15) is 5.26 Å². The van der Waals surface area contributed by atoms with Gasteiger partial charge in [-0.15, -0.1) is 10.2 Å². The molecule has 0 spiro atoms. The van der Waals surface area contributed by atoms with Gasteiger partial charge in [0.25, 0.3) is 0 Å². The molecule has 0 unspecified atom stereocenters. The fourth-order valence-electron chi connectivity index (χ4n) is 4.14. The van der Waals surface area contributed by atoms with Crippen LogP contribution in [0.2, 0.25) is 10.0 Å². The van der Waals surface area contributed by atoms with E-state index >= 15 is 0 Å². The summed E-state index contributed by atoms with van der Waals surface area (Å²) in [5.41, 5.74) is 3.20. The van der Waals surface area contributed by atoms with E-state index in [4.69, 9.17) is 27.6 Å². The third-order valence-corrected chi connectivity index (χ3v) is 7.42. The summed E-state index contributed by atoms with van der Waals surface area (Å²) in [4.78, 5) is 13.0. The van der Waals surface area contributed by atoms with Gasteiger partial charge in [0, 0.05) is 28.3 Å². The Morgan fingerprint density at radius 1 is 1.03 bits per heavy atom. The smallest absolute Gasteiger partial charge is 0.237 e. The summed E-state index contributed by atoms with van der Waals surface area (Å²) in [5.74, 6) is 0.878. The van der Waals surface area contributed by atoms with Crippen LogP contribution in [0.5, 0.6) is 0 Å². The fourth-order valence-corrected chi connectivity index (χ4v) is 5.44. The van der Waals surface area contributed by atoms with Gasteiger partial charge in [0.05, 0.1) is 10.8 Å². The van der Waals surface area contributed by atoms with E-state index < -0.39 is 0 Å². The molecular weight excluding hydrogens is 553 g/mol. The molecule has 0 bridgehead atoms. The molecule has 10 heteroatoms. The maximum absolute atomic E-state index is 13.0. The van der Waals surface area contributed by atoms with E-state index in [2.05, 4.69) is 21.6 Å². The first kappa shape index (κ1) is 26.6. The monoisotopic (exact) mass is 573 g/mol. The SMILES string of the molecule is CCn1c(SCC(=O)Nc2oc(-c3ccccc3)c(-c3ccccc3)c2C#N)nnc1-c1ccc(Cl)cc1Cl. The predicted octanol–water partition coefficient (Wildman–Crippen LogP) is 7.80. The van der Waals surface area contributed by atoms with Crippen LogP contribution in [0, 0.1) is 11.3 Å². The summed E-state index contributed by atoms with van der Waals surface area (Å²) in [5, 5.41) is 22.9. The number of nitrogens with zero attached hydrogens (tertiary/aromatic N) is 4. The van der Waals surface area contributed by atoms with Gasteiger partial charge < -0.3 is 8.98 Å². The van der Waals surface area contributed by atoms with Crippen molar-refractivity contribution in [2.24, 2.45) is 0 Å². The molecule has 0 fully saturated rings. The molecule has 2 aromatic heterocycles. The zero-order valence-electron chi connectivity index (χ0n) is 20.7. The van der Waals surface area contributed by atoms with Crippen LogP contribution in [-0.2, 0) is 11.3 Å². The Kier molecular flexibility index (Phi) is 8.03. The number of carbonyl (C=O) groups is 1. The maximum Gasteiger partial charge on any atom is 0.237 e. The van der Waals surface area contributed by atoms with Crippen LogP contribution in [0.25, 0.3) is 33.8 Å². The molecule has 3 aromatic carbocycles. The molecule has 5 rings (SSSR count). The molecule has 2 heterocycles. The maximum atomic E-state index is 13.0. The van der Waals surface area contributed by atoms with Crippen LogP contribution in [0.1, 0.15) is 12.5 Å². The minimum atomic E-state index is -0.346. The third-order valence-electron chi connectivity index (χ3n) is 5.91. The number of aromatic nitrogens is 3. The van der Waals surface area contributed by atoms with Crippen LogP contribution in [0.4, 0.5) is 5.88 Å². The predicted molar refractivity (Wildman–Crippen MR) is 155 cm³/mol. The largest absolute Gasteiger partial charge is 0.438 e. The second kappa shape index (κ2) is 11.8. The van der Waals surface area contributed by atoms with E-state index in [0.717, 1.165) is 11.1 Å². The lowest BCUT2D eigenvalue weighted by Gasteiger charge is -2.09. The Morgan fingerprint density at radius 2 is 1.72 bits per heavy atom. The van der Waals surface area contributed by atoms with E-state index in [1.807, 2.05) is 72.2 Å². The molecule has 0 aliphatic heterocycles. The average Bonchev–Trinajstić information content (AvgIpc) is 3.53. The molecule has 0 saturated carbocycles. The summed E-state index contributed by atoms with van der Waals surface area (Å²) < 4.78 is 7.98. The zero-order chi connectivity index (χ0) is 27.4. The topological polar surface area (TPSA) is 96.7 Å². The second-order valence-electron chi connectivity index (χ2n) is 8.37. The number of halogens is 2. The van der Waals surface area contributed by atoms with Crippen molar-refractivity contribution >= 4 is 46.8 Å². The van der Waals surface area contributed by atoms with Crippen LogP contribution in [-0.4, -0.2) is 26.4 Å². The van der Waals surface area contributed by atoms with Crippen molar-refractivity contribution in [2.45, 2.75) is 18.6 Å². The summed E-state index contributed by atoms with van der Waals surface area (Å²) in [6.07, 6.45) is 0. The fraction of sp³-hybridized carbons (Fsp3) is 0.103. The number of amides is 1. The van der Waals surface area contributed by atoms with E-state index in [1.165, 1.54) is 11.8 Å². The molecule has 5 aromatic rings. The lowest BCUT2D eigenvalue weighted by atomic mass is 9.98. The quantitative estimate of drug-likeness (QED) is 0.190. The Balaban J connectivity index is 1.40. The number of rotatable bonds is 8. The standard InChI is InChI=1S/C29H21Cl2N5O2S/c1-2-36-27(21-14-13-20(30)15-23(21)31)34-35-29(36)39-17-24(37)33-28-22(16-32)25(18-9-5-3-6-10-18)26(38-28)19-11-7-4-8-12-19/h3-15H,2,17H2,1H3,(H,33,37). The summed E-state index contributed by atoms with van der Waals surface area (Å²) in [6.45, 7) is 2.53. The van der Waals surface area contributed by atoms with Gasteiger partial charge in [-0.25, -0.2) is 0 Å². The van der Waals surface area contributed by atoms with E-state index in [0.29, 0.717) is 44.5 Å². The first-order valence-corrected chi connectivity index (χ1v) is 13.7. The van der Waals surface area contributed by atoms with Crippen molar-refractivity contribution in [1.29, 1.82) is 5.26 Å². The molecule has 0 aliphatic carbocycles. The molecule has 39 heavy (non-hydrogen) atoms. The lowest BCUT2D eigenvalue weighted by Crippen LogP contribution is -2.15. The number of hydrogen-bond acceptors (Lipinski definition) is 6. The van der Waals surface area contributed by atoms with E-state index in [9.17, 15) is 10.1 Å². The van der Waals surface area contributed by atoms with Gasteiger partial charge in [0.2, 0.25) is 11.8 Å². The number of anilines is 1. The molecule has 1 amide bonds. The molecule has 1 N–H and O–H groups in total. The van der Waals surface area contributed by atoms with Gasteiger partial charge in [-0.05, 0) is 30.7 Å². The first-order chi connectivity index (χ1) is 19.0. The van der Waals surface area contributed by atoms with E-state index in [-0.39, 0.29) is 23.1 Å². The van der Waals surface area contributed by atoms with Crippen molar-refractivity contribution in [2.75, 3.05) is 11.1 Å². The van der Waals surface area contributed by atoms with Crippen LogP contribution >= 0.6 is 35.0 Å². The van der Waals surface area contributed by atoms with Gasteiger partial charge >= 0.3 is 0 Å². The average molecular weight is 574 g/mol. The normalized spacial score (nSPS) is 10.8. The molecule has 0 saturated heterocycles. The highest BCUT2D eigenvalue weighted by Crippen LogP contribution is 2.41. The van der Waals surface area contributed by atoms with Gasteiger partial charge in [0.15, 0.2) is 11.0 Å². The van der Waals surface area contributed by atoms with Gasteiger partial charge in [-0.3, -0.25) is 10.1 Å². The second-order valence-corrected chi connectivity index (χ2v) is 10.2. The number of nitrogens with one attached hydrogen (secondary N) is 1. The Morgan fingerprint density at radius 3 is 2.36 bits per heavy atom. The number of thioether (sulfide) groups is 1. The highest BCUT2D eigenvalue weighted by atomic mass is 35.5. The molecule has 7 nitrogen and oxygen atoms in total. The molecule has 0 aliphatic rings. The molecule has 0 atom stereocenters. The molecule has 194 valence electrons. The Hall–Kier alpha value is -4.03. The Bertz CT molecular complexity index is 1680. The minimum absolute atomic E-state index is 0.0272. The van der Waals surface area contributed by atoms with Crippen molar-refractivity contribution in [3.8, 4) is 39.9 Å². The summed E-state index contributed by atoms with van der Waals surface area (Å²) in [7, 11) is 0. The third kappa shape index (κ3) is 5.57. The van der Waals surface area contributed by atoms with Crippen LogP contribution in [0.15, 0.2) is 88.4 Å². The number of nitriles is 1. The summed E-state index contributed by atoms with van der Waals surface area (Å²) in [6, 6.07) is 26.4. The molecular formula is C29H21Cl2N5O2S. The van der Waals surface area contributed by atoms with Crippen molar-refractivity contribution in [3.05, 3.63) is 94.5 Å².